The normalized spacial score (nSPS) is 13.1. The van der Waals surface area contributed by atoms with Crippen molar-refractivity contribution in [1.82, 2.24) is 10.2 Å². The maximum Gasteiger partial charge on any atom is 0.315 e. The molecule has 16 heavy (non-hydrogen) atoms. The van der Waals surface area contributed by atoms with E-state index in [-0.39, 0.29) is 6.04 Å². The minimum atomic E-state index is -0.205. The number of rotatable bonds is 7. The highest BCUT2D eigenvalue weighted by atomic mass is 16.4. The van der Waals surface area contributed by atoms with Crippen LogP contribution in [0.5, 0.6) is 0 Å². The summed E-state index contributed by atoms with van der Waals surface area (Å²) in [7, 11) is 0. The summed E-state index contributed by atoms with van der Waals surface area (Å²) in [5, 5.41) is 10.8. The molecule has 0 spiro atoms. The predicted molar refractivity (Wildman–Crippen MR) is 64.1 cm³/mol. The fourth-order valence-corrected chi connectivity index (χ4v) is 1.36. The molecule has 0 amide bonds. The van der Waals surface area contributed by atoms with Gasteiger partial charge in [-0.2, -0.15) is 0 Å². The Kier molecular flexibility index (Phi) is 5.25. The van der Waals surface area contributed by atoms with E-state index in [4.69, 9.17) is 10.2 Å². The van der Waals surface area contributed by atoms with Crippen molar-refractivity contribution in [1.29, 1.82) is 0 Å². The summed E-state index contributed by atoms with van der Waals surface area (Å²) in [4.78, 5) is 0. The van der Waals surface area contributed by atoms with Gasteiger partial charge >= 0.3 is 6.01 Å². The number of hydrogen-bond acceptors (Lipinski definition) is 5. The fraction of sp³-hybridized carbons (Fsp3) is 0.818. The van der Waals surface area contributed by atoms with Crippen molar-refractivity contribution in [3.8, 4) is 0 Å². The molecular formula is C11H22N4O. The summed E-state index contributed by atoms with van der Waals surface area (Å²) >= 11 is 0. The zero-order valence-corrected chi connectivity index (χ0v) is 10.4. The second-order valence-electron chi connectivity index (χ2n) is 4.55. The minimum Gasteiger partial charge on any atom is -0.406 e. The summed E-state index contributed by atoms with van der Waals surface area (Å²) < 4.78 is 5.31. The van der Waals surface area contributed by atoms with Gasteiger partial charge in [-0.25, -0.2) is 0 Å². The van der Waals surface area contributed by atoms with Gasteiger partial charge in [0.05, 0.1) is 6.04 Å². The number of nitrogens with zero attached hydrogens (tertiary/aromatic N) is 2. The molecule has 0 aromatic carbocycles. The summed E-state index contributed by atoms with van der Waals surface area (Å²) in [5.41, 5.74) is 5.61. The van der Waals surface area contributed by atoms with Crippen molar-refractivity contribution in [3.63, 3.8) is 0 Å². The Balaban J connectivity index is 2.17. The molecule has 1 atom stereocenters. The highest BCUT2D eigenvalue weighted by Gasteiger charge is 2.08. The third-order valence-corrected chi connectivity index (χ3v) is 2.31. The van der Waals surface area contributed by atoms with E-state index >= 15 is 0 Å². The van der Waals surface area contributed by atoms with Crippen LogP contribution in [0.4, 0.5) is 6.01 Å². The predicted octanol–water partition coefficient (Wildman–Crippen LogP) is 2.33. The summed E-state index contributed by atoms with van der Waals surface area (Å²) in [6.07, 6.45) is 3.60. The molecule has 0 fully saturated rings. The van der Waals surface area contributed by atoms with Gasteiger partial charge < -0.3 is 15.5 Å². The third kappa shape index (κ3) is 4.61. The average molecular weight is 226 g/mol. The van der Waals surface area contributed by atoms with Crippen molar-refractivity contribution in [2.24, 2.45) is 11.7 Å². The van der Waals surface area contributed by atoms with Crippen LogP contribution in [0.2, 0.25) is 0 Å². The van der Waals surface area contributed by atoms with Gasteiger partial charge in [-0.05, 0) is 19.3 Å². The molecule has 5 nitrogen and oxygen atoms in total. The Morgan fingerprint density at radius 1 is 1.25 bits per heavy atom. The van der Waals surface area contributed by atoms with E-state index < -0.39 is 0 Å². The largest absolute Gasteiger partial charge is 0.406 e. The Labute approximate surface area is 96.8 Å². The molecule has 0 radical (unpaired) electrons. The maximum absolute atomic E-state index is 5.61. The molecule has 1 aromatic heterocycles. The van der Waals surface area contributed by atoms with Crippen LogP contribution < -0.4 is 11.1 Å². The van der Waals surface area contributed by atoms with E-state index in [9.17, 15) is 0 Å². The van der Waals surface area contributed by atoms with Crippen molar-refractivity contribution >= 4 is 6.01 Å². The number of anilines is 1. The van der Waals surface area contributed by atoms with Crippen LogP contribution in [-0.4, -0.2) is 16.7 Å². The summed E-state index contributed by atoms with van der Waals surface area (Å²) in [6.45, 7) is 7.16. The van der Waals surface area contributed by atoms with Gasteiger partial charge in [-0.15, -0.1) is 5.10 Å². The molecular weight excluding hydrogens is 204 g/mol. The quantitative estimate of drug-likeness (QED) is 0.698. The second kappa shape index (κ2) is 6.48. The van der Waals surface area contributed by atoms with E-state index in [1.54, 1.807) is 0 Å². The van der Waals surface area contributed by atoms with Gasteiger partial charge in [0.25, 0.3) is 0 Å². The lowest BCUT2D eigenvalue weighted by Crippen LogP contribution is -2.05. The van der Waals surface area contributed by atoms with Crippen molar-refractivity contribution in [3.05, 3.63) is 5.89 Å². The first-order valence-corrected chi connectivity index (χ1v) is 5.92. The first kappa shape index (κ1) is 13.0. The molecule has 1 unspecified atom stereocenters. The number of nitrogens with one attached hydrogen (secondary N) is 1. The lowest BCUT2D eigenvalue weighted by molar-refractivity contribution is 0.471. The molecule has 0 saturated carbocycles. The van der Waals surface area contributed by atoms with Crippen molar-refractivity contribution in [2.75, 3.05) is 11.9 Å². The zero-order chi connectivity index (χ0) is 12.0. The van der Waals surface area contributed by atoms with E-state index in [1.807, 2.05) is 6.92 Å². The molecule has 0 aliphatic heterocycles. The highest BCUT2D eigenvalue weighted by molar-refractivity contribution is 5.16. The molecule has 0 aliphatic rings. The lowest BCUT2D eigenvalue weighted by atomic mass is 10.1. The molecule has 3 N–H and O–H groups in total. The number of hydrogen-bond donors (Lipinski definition) is 2. The SMILES string of the molecule is CC(C)CCCCNc1nnc(C(C)N)o1. The van der Waals surface area contributed by atoms with Crippen LogP contribution in [0, 0.1) is 5.92 Å². The number of nitrogens with two attached hydrogens (primary N) is 1. The standard InChI is InChI=1S/C11H22N4O/c1-8(2)6-4-5-7-13-11-15-14-10(16-11)9(3)12/h8-9H,4-7,12H2,1-3H3,(H,13,15). The van der Waals surface area contributed by atoms with Gasteiger partial charge in [-0.1, -0.05) is 31.8 Å². The number of aromatic nitrogens is 2. The topological polar surface area (TPSA) is 77.0 Å². The van der Waals surface area contributed by atoms with Gasteiger partial charge in [0, 0.05) is 6.54 Å². The van der Waals surface area contributed by atoms with Gasteiger partial charge in [0.1, 0.15) is 0 Å². The Morgan fingerprint density at radius 3 is 2.56 bits per heavy atom. The van der Waals surface area contributed by atoms with Crippen LogP contribution in [-0.2, 0) is 0 Å². The molecule has 0 saturated heterocycles. The van der Waals surface area contributed by atoms with Gasteiger partial charge in [-0.3, -0.25) is 0 Å². The Bertz CT molecular complexity index is 296. The Morgan fingerprint density at radius 2 is 2.00 bits per heavy atom. The minimum absolute atomic E-state index is 0.205. The van der Waals surface area contributed by atoms with Crippen LogP contribution in [0.3, 0.4) is 0 Å². The summed E-state index contributed by atoms with van der Waals surface area (Å²) in [5.74, 6) is 1.25. The van der Waals surface area contributed by atoms with Crippen LogP contribution in [0.15, 0.2) is 4.42 Å². The van der Waals surface area contributed by atoms with Gasteiger partial charge in [0.2, 0.25) is 5.89 Å². The van der Waals surface area contributed by atoms with E-state index in [1.165, 1.54) is 12.8 Å². The van der Waals surface area contributed by atoms with E-state index in [0.717, 1.165) is 18.9 Å². The van der Waals surface area contributed by atoms with Crippen molar-refractivity contribution < 1.29 is 4.42 Å². The monoisotopic (exact) mass is 226 g/mol. The molecule has 1 aromatic rings. The fourth-order valence-electron chi connectivity index (χ4n) is 1.36. The number of unbranched alkanes of at least 4 members (excludes halogenated alkanes) is 1. The first-order chi connectivity index (χ1) is 7.59. The third-order valence-electron chi connectivity index (χ3n) is 2.31. The van der Waals surface area contributed by atoms with Gasteiger partial charge in [0.15, 0.2) is 0 Å². The zero-order valence-electron chi connectivity index (χ0n) is 10.4. The molecule has 1 heterocycles. The Hall–Kier alpha value is -1.10. The average Bonchev–Trinajstić information content (AvgIpc) is 2.65. The second-order valence-corrected chi connectivity index (χ2v) is 4.55. The molecule has 0 aliphatic carbocycles. The van der Waals surface area contributed by atoms with Crippen molar-refractivity contribution in [2.45, 2.75) is 46.1 Å². The van der Waals surface area contributed by atoms with E-state index in [0.29, 0.717) is 11.9 Å². The molecule has 5 heteroatoms. The maximum atomic E-state index is 5.61. The van der Waals surface area contributed by atoms with Crippen LogP contribution in [0.1, 0.15) is 52.0 Å². The molecule has 92 valence electrons. The highest BCUT2D eigenvalue weighted by Crippen LogP contribution is 2.11. The first-order valence-electron chi connectivity index (χ1n) is 5.92. The van der Waals surface area contributed by atoms with E-state index in [2.05, 4.69) is 29.4 Å². The lowest BCUT2D eigenvalue weighted by Gasteiger charge is -2.04. The van der Waals surface area contributed by atoms with Crippen LogP contribution >= 0.6 is 0 Å². The summed E-state index contributed by atoms with van der Waals surface area (Å²) in [6, 6.07) is 0.265. The molecule has 0 bridgehead atoms. The smallest absolute Gasteiger partial charge is 0.315 e. The van der Waals surface area contributed by atoms with Crippen LogP contribution in [0.25, 0.3) is 0 Å². The molecule has 1 rings (SSSR count).